The Morgan fingerprint density at radius 2 is 1.96 bits per heavy atom. The highest BCUT2D eigenvalue weighted by atomic mass is 35.5. The molecule has 2 amide bonds. The van der Waals surface area contributed by atoms with Crippen molar-refractivity contribution in [2.75, 3.05) is 25.0 Å². The first kappa shape index (κ1) is 21.4. The zero-order valence-corrected chi connectivity index (χ0v) is 15.4. The van der Waals surface area contributed by atoms with Crippen LogP contribution in [-0.4, -0.2) is 42.9 Å². The van der Waals surface area contributed by atoms with Gasteiger partial charge in [0.1, 0.15) is 11.9 Å². The molecule has 5 nitrogen and oxygen atoms in total. The third-order valence-corrected chi connectivity index (χ3v) is 4.53. The summed E-state index contributed by atoms with van der Waals surface area (Å²) in [7, 11) is 1.66. The summed E-state index contributed by atoms with van der Waals surface area (Å²) < 4.78 is 13.9. The van der Waals surface area contributed by atoms with Crippen LogP contribution in [0.1, 0.15) is 38.5 Å². The number of unbranched alkanes of at least 4 members (excludes halogenated alkanes) is 3. The number of carbonyl (C=O) groups excluding carboxylic acids is 2. The number of para-hydroxylation sites is 1. The molecule has 0 aromatic heterocycles. The van der Waals surface area contributed by atoms with Gasteiger partial charge in [0.25, 0.3) is 0 Å². The molecule has 0 aliphatic carbocycles. The van der Waals surface area contributed by atoms with Gasteiger partial charge in [0.05, 0.1) is 5.69 Å². The molecule has 2 N–H and O–H groups in total. The van der Waals surface area contributed by atoms with Crippen molar-refractivity contribution in [3.63, 3.8) is 0 Å². The molecule has 1 aromatic carbocycles. The number of hydrogen-bond acceptors (Lipinski definition) is 3. The van der Waals surface area contributed by atoms with Crippen LogP contribution in [-0.2, 0) is 9.59 Å². The van der Waals surface area contributed by atoms with Gasteiger partial charge in [-0.25, -0.2) is 4.39 Å². The third kappa shape index (κ3) is 5.41. The first-order chi connectivity index (χ1) is 11.6. The summed E-state index contributed by atoms with van der Waals surface area (Å²) >= 11 is 0. The van der Waals surface area contributed by atoms with E-state index in [0.29, 0.717) is 25.9 Å². The van der Waals surface area contributed by atoms with Crippen molar-refractivity contribution in [2.24, 2.45) is 5.73 Å². The van der Waals surface area contributed by atoms with Crippen LogP contribution in [0.15, 0.2) is 24.3 Å². The van der Waals surface area contributed by atoms with E-state index in [0.717, 1.165) is 25.7 Å². The fraction of sp³-hybridized carbons (Fsp3) is 0.556. The van der Waals surface area contributed by atoms with Gasteiger partial charge < -0.3 is 15.5 Å². The molecule has 1 aliphatic heterocycles. The molecule has 1 aliphatic rings. The van der Waals surface area contributed by atoms with Crippen LogP contribution in [0, 0.1) is 5.82 Å². The van der Waals surface area contributed by atoms with Gasteiger partial charge in [-0.15, -0.1) is 12.4 Å². The van der Waals surface area contributed by atoms with Gasteiger partial charge in [-0.05, 0) is 37.9 Å². The maximum absolute atomic E-state index is 13.9. The molecule has 0 radical (unpaired) electrons. The molecule has 25 heavy (non-hydrogen) atoms. The summed E-state index contributed by atoms with van der Waals surface area (Å²) in [5.74, 6) is -0.657. The van der Waals surface area contributed by atoms with E-state index in [4.69, 9.17) is 5.73 Å². The maximum atomic E-state index is 13.9. The largest absolute Gasteiger partial charge is 0.334 e. The molecular formula is C18H27ClFN3O2. The number of likely N-dealkylation sites (N-methyl/N-ethyl adjacent to an activating group) is 1. The molecule has 7 heteroatoms. The van der Waals surface area contributed by atoms with Gasteiger partial charge in [-0.3, -0.25) is 9.59 Å². The summed E-state index contributed by atoms with van der Waals surface area (Å²) in [6.07, 6.45) is 4.74. The van der Waals surface area contributed by atoms with Crippen molar-refractivity contribution in [1.29, 1.82) is 0 Å². The zero-order valence-electron chi connectivity index (χ0n) is 14.6. The molecule has 1 saturated heterocycles. The van der Waals surface area contributed by atoms with Crippen LogP contribution in [0.5, 0.6) is 0 Å². The molecule has 1 unspecified atom stereocenters. The first-order valence-electron chi connectivity index (χ1n) is 8.58. The average Bonchev–Trinajstić information content (AvgIpc) is 2.95. The Balaban J connectivity index is 0.00000312. The molecule has 1 heterocycles. The zero-order chi connectivity index (χ0) is 17.5. The summed E-state index contributed by atoms with van der Waals surface area (Å²) in [6.45, 7) is 1.11. The third-order valence-electron chi connectivity index (χ3n) is 4.53. The maximum Gasteiger partial charge on any atom is 0.249 e. The lowest BCUT2D eigenvalue weighted by Crippen LogP contribution is -2.43. The Kier molecular flexibility index (Phi) is 8.86. The highest BCUT2D eigenvalue weighted by molar-refractivity contribution is 6.01. The summed E-state index contributed by atoms with van der Waals surface area (Å²) in [5.41, 5.74) is 5.73. The van der Waals surface area contributed by atoms with Crippen LogP contribution >= 0.6 is 12.4 Å². The molecular weight excluding hydrogens is 345 g/mol. The first-order valence-corrected chi connectivity index (χ1v) is 8.58. The van der Waals surface area contributed by atoms with Crippen molar-refractivity contribution in [3.05, 3.63) is 30.1 Å². The number of nitrogens with two attached hydrogens (primary N) is 1. The number of rotatable bonds is 8. The topological polar surface area (TPSA) is 66.6 Å². The van der Waals surface area contributed by atoms with E-state index in [1.165, 1.54) is 15.9 Å². The van der Waals surface area contributed by atoms with Crippen LogP contribution in [0.3, 0.4) is 0 Å². The Hall–Kier alpha value is -1.66. The number of nitrogens with zero attached hydrogens (tertiary/aromatic N) is 2. The van der Waals surface area contributed by atoms with Crippen LogP contribution in [0.2, 0.25) is 0 Å². The van der Waals surface area contributed by atoms with Crippen LogP contribution in [0.25, 0.3) is 0 Å². The molecule has 2 rings (SSSR count). The van der Waals surface area contributed by atoms with E-state index >= 15 is 0 Å². The van der Waals surface area contributed by atoms with Gasteiger partial charge in [0.15, 0.2) is 0 Å². The molecule has 0 spiro atoms. The lowest BCUT2D eigenvalue weighted by molar-refractivity contribution is -0.136. The highest BCUT2D eigenvalue weighted by Gasteiger charge is 2.37. The molecule has 140 valence electrons. The van der Waals surface area contributed by atoms with Gasteiger partial charge in [-0.2, -0.15) is 0 Å². The van der Waals surface area contributed by atoms with E-state index in [2.05, 4.69) is 0 Å². The Labute approximate surface area is 154 Å². The van der Waals surface area contributed by atoms with Crippen LogP contribution in [0.4, 0.5) is 10.1 Å². The van der Waals surface area contributed by atoms with Crippen molar-refractivity contribution in [2.45, 2.75) is 44.6 Å². The lowest BCUT2D eigenvalue weighted by atomic mass is 10.1. The Morgan fingerprint density at radius 3 is 2.64 bits per heavy atom. The quantitative estimate of drug-likeness (QED) is 0.714. The normalized spacial score (nSPS) is 16.7. The monoisotopic (exact) mass is 371 g/mol. The molecule has 1 fully saturated rings. The van der Waals surface area contributed by atoms with E-state index in [9.17, 15) is 14.0 Å². The minimum absolute atomic E-state index is 0. The van der Waals surface area contributed by atoms with Crippen LogP contribution < -0.4 is 10.6 Å². The standard InChI is InChI=1S/C18H26FN3O2.ClH/c1-21(17(23)10-4-2-3-7-12-20)16-11-13-22(18(16)24)15-9-6-5-8-14(15)19;/h5-6,8-9,16H,2-4,7,10-13,20H2,1H3;1H. The van der Waals surface area contributed by atoms with Gasteiger partial charge in [0, 0.05) is 20.0 Å². The number of benzene rings is 1. The average molecular weight is 372 g/mol. The predicted molar refractivity (Wildman–Crippen MR) is 99.3 cm³/mol. The summed E-state index contributed by atoms with van der Waals surface area (Å²) in [6, 6.07) is 5.73. The number of hydrogen-bond donors (Lipinski definition) is 1. The molecule has 1 atom stereocenters. The van der Waals surface area contributed by atoms with E-state index < -0.39 is 11.9 Å². The van der Waals surface area contributed by atoms with E-state index in [1.54, 1.807) is 25.2 Å². The minimum Gasteiger partial charge on any atom is -0.334 e. The molecule has 0 saturated carbocycles. The minimum atomic E-state index is -0.499. The second-order valence-corrected chi connectivity index (χ2v) is 6.20. The fourth-order valence-corrected chi connectivity index (χ4v) is 3.06. The number of anilines is 1. The van der Waals surface area contributed by atoms with Gasteiger partial charge in [0.2, 0.25) is 11.8 Å². The van der Waals surface area contributed by atoms with Crippen molar-refractivity contribution in [3.8, 4) is 0 Å². The second-order valence-electron chi connectivity index (χ2n) is 6.20. The smallest absolute Gasteiger partial charge is 0.249 e. The lowest BCUT2D eigenvalue weighted by Gasteiger charge is -2.24. The van der Waals surface area contributed by atoms with Crippen molar-refractivity contribution < 1.29 is 14.0 Å². The Morgan fingerprint density at radius 1 is 1.28 bits per heavy atom. The number of halogens is 2. The van der Waals surface area contributed by atoms with Gasteiger partial charge >= 0.3 is 0 Å². The van der Waals surface area contributed by atoms with Crippen molar-refractivity contribution in [1.82, 2.24) is 4.90 Å². The summed E-state index contributed by atoms with van der Waals surface area (Å²) in [5, 5.41) is 0. The predicted octanol–water partition coefficient (Wildman–Crippen LogP) is 2.72. The van der Waals surface area contributed by atoms with E-state index in [-0.39, 0.29) is 29.9 Å². The number of carbonyl (C=O) groups is 2. The fourth-order valence-electron chi connectivity index (χ4n) is 3.06. The van der Waals surface area contributed by atoms with Gasteiger partial charge in [-0.1, -0.05) is 25.0 Å². The Bertz CT molecular complexity index is 585. The molecule has 1 aromatic rings. The number of amides is 2. The SMILES string of the molecule is CN(C(=O)CCCCCCN)C1CCN(c2ccccc2F)C1=O.Cl. The summed E-state index contributed by atoms with van der Waals surface area (Å²) in [4.78, 5) is 27.8. The second kappa shape index (κ2) is 10.4. The highest BCUT2D eigenvalue weighted by Crippen LogP contribution is 2.26. The van der Waals surface area contributed by atoms with E-state index in [1.807, 2.05) is 0 Å². The van der Waals surface area contributed by atoms with Crippen molar-refractivity contribution >= 4 is 29.9 Å². The molecule has 0 bridgehead atoms.